The van der Waals surface area contributed by atoms with E-state index in [-0.39, 0.29) is 6.61 Å². The Morgan fingerprint density at radius 2 is 1.92 bits per heavy atom. The number of para-hydroxylation sites is 1. The van der Waals surface area contributed by atoms with Crippen LogP contribution in [0.3, 0.4) is 0 Å². The highest BCUT2D eigenvalue weighted by Gasteiger charge is 2.49. The quantitative estimate of drug-likeness (QED) is 0.549. The van der Waals surface area contributed by atoms with E-state index in [0.717, 1.165) is 0 Å². The van der Waals surface area contributed by atoms with Gasteiger partial charge in [0.2, 0.25) is 0 Å². The second-order valence-corrected chi connectivity index (χ2v) is 7.86. The van der Waals surface area contributed by atoms with Gasteiger partial charge in [-0.15, -0.1) is 11.8 Å². The Morgan fingerprint density at radius 1 is 1.28 bits per heavy atom. The topological polar surface area (TPSA) is 125 Å². The summed E-state index contributed by atoms with van der Waals surface area (Å²) in [5, 5.41) is 23.0. The van der Waals surface area contributed by atoms with Crippen molar-refractivity contribution < 1.29 is 29.3 Å². The highest BCUT2D eigenvalue weighted by Crippen LogP contribution is 2.39. The summed E-state index contributed by atoms with van der Waals surface area (Å²) in [4.78, 5) is 34.8. The maximum Gasteiger partial charge on any atom is 0.328 e. The van der Waals surface area contributed by atoms with Crippen molar-refractivity contribution in [2.45, 2.75) is 36.1 Å². The van der Waals surface area contributed by atoms with Gasteiger partial charge in [0.25, 0.3) is 5.91 Å². The van der Waals surface area contributed by atoms with Gasteiger partial charge in [-0.05, 0) is 26.0 Å². The number of benzene rings is 1. The minimum atomic E-state index is -1.28. The third-order valence-electron chi connectivity index (χ3n) is 3.70. The predicted molar refractivity (Wildman–Crippen MR) is 91.5 cm³/mol. The van der Waals surface area contributed by atoms with Crippen LogP contribution in [0.5, 0.6) is 5.75 Å². The smallest absolute Gasteiger partial charge is 0.328 e. The second-order valence-electron chi connectivity index (χ2n) is 6.06. The van der Waals surface area contributed by atoms with Crippen molar-refractivity contribution in [2.24, 2.45) is 0 Å². The molecular weight excluding hydrogens is 348 g/mol. The van der Waals surface area contributed by atoms with Gasteiger partial charge < -0.3 is 20.3 Å². The SMILES string of the molecule is CC1(C)S[C@@H]([C@H](NC(=O)COc2ccccc2)C(=O)O)N[C@@H]1C(=O)O. The van der Waals surface area contributed by atoms with Gasteiger partial charge in [-0.3, -0.25) is 14.9 Å². The van der Waals surface area contributed by atoms with E-state index in [2.05, 4.69) is 10.6 Å². The molecule has 1 heterocycles. The standard InChI is InChI=1S/C16H20N2O6S/c1-16(2)12(15(22)23)18-13(25-16)11(14(20)21)17-10(19)8-24-9-6-4-3-5-7-9/h3-7,11-13,18H,8H2,1-2H3,(H,17,19)(H,20,21)(H,22,23)/t11-,12+,13-/m0/s1. The average Bonchev–Trinajstić information content (AvgIpc) is 2.86. The lowest BCUT2D eigenvalue weighted by molar-refractivity contribution is -0.143. The van der Waals surface area contributed by atoms with E-state index in [1.54, 1.807) is 44.2 Å². The molecule has 1 aromatic rings. The lowest BCUT2D eigenvalue weighted by Crippen LogP contribution is -2.54. The third kappa shape index (κ3) is 4.86. The number of rotatable bonds is 7. The molecule has 2 rings (SSSR count). The van der Waals surface area contributed by atoms with Crippen LogP contribution in [0.1, 0.15) is 13.8 Å². The Hall–Kier alpha value is -2.26. The van der Waals surface area contributed by atoms with Gasteiger partial charge in [-0.2, -0.15) is 0 Å². The fourth-order valence-corrected chi connectivity index (χ4v) is 3.96. The van der Waals surface area contributed by atoms with Crippen molar-refractivity contribution in [1.82, 2.24) is 10.6 Å². The number of thioether (sulfide) groups is 1. The van der Waals surface area contributed by atoms with Gasteiger partial charge in [-0.1, -0.05) is 18.2 Å². The highest BCUT2D eigenvalue weighted by atomic mass is 32.2. The Labute approximate surface area is 148 Å². The van der Waals surface area contributed by atoms with Crippen LogP contribution >= 0.6 is 11.8 Å². The van der Waals surface area contributed by atoms with Crippen molar-refractivity contribution >= 4 is 29.6 Å². The number of amides is 1. The van der Waals surface area contributed by atoms with E-state index in [9.17, 15) is 24.6 Å². The third-order valence-corrected chi connectivity index (χ3v) is 5.21. The van der Waals surface area contributed by atoms with Gasteiger partial charge in [0.05, 0.1) is 5.37 Å². The molecule has 1 aromatic carbocycles. The molecule has 3 atom stereocenters. The zero-order chi connectivity index (χ0) is 18.6. The molecule has 0 saturated carbocycles. The van der Waals surface area contributed by atoms with E-state index in [1.165, 1.54) is 11.8 Å². The van der Waals surface area contributed by atoms with Crippen molar-refractivity contribution in [1.29, 1.82) is 0 Å². The van der Waals surface area contributed by atoms with Crippen molar-refractivity contribution in [3.8, 4) is 5.75 Å². The maximum atomic E-state index is 12.0. The zero-order valence-corrected chi connectivity index (χ0v) is 14.6. The Balaban J connectivity index is 1.98. The number of carbonyl (C=O) groups is 3. The summed E-state index contributed by atoms with van der Waals surface area (Å²) in [5.41, 5.74) is 0. The molecule has 0 radical (unpaired) electrons. The van der Waals surface area contributed by atoms with Crippen LogP contribution in [0.25, 0.3) is 0 Å². The van der Waals surface area contributed by atoms with Gasteiger partial charge >= 0.3 is 11.9 Å². The molecule has 136 valence electrons. The molecule has 0 spiro atoms. The number of ether oxygens (including phenoxy) is 1. The normalized spacial score (nSPS) is 22.8. The van der Waals surface area contributed by atoms with Gasteiger partial charge in [0.1, 0.15) is 11.8 Å². The lowest BCUT2D eigenvalue weighted by atomic mass is 10.0. The Kier molecular flexibility index (Phi) is 5.91. The number of nitrogens with one attached hydrogen (secondary N) is 2. The number of hydrogen-bond acceptors (Lipinski definition) is 6. The molecule has 1 aliphatic rings. The van der Waals surface area contributed by atoms with Crippen LogP contribution < -0.4 is 15.4 Å². The van der Waals surface area contributed by atoms with Crippen LogP contribution in [0.15, 0.2) is 30.3 Å². The van der Waals surface area contributed by atoms with Gasteiger partial charge in [-0.25, -0.2) is 4.79 Å². The molecule has 1 aliphatic heterocycles. The zero-order valence-electron chi connectivity index (χ0n) is 13.8. The molecule has 1 saturated heterocycles. The van der Waals surface area contributed by atoms with E-state index in [1.807, 2.05) is 0 Å². The summed E-state index contributed by atoms with van der Waals surface area (Å²) in [7, 11) is 0. The number of carbonyl (C=O) groups excluding carboxylic acids is 1. The minimum absolute atomic E-state index is 0.336. The first-order chi connectivity index (χ1) is 11.7. The lowest BCUT2D eigenvalue weighted by Gasteiger charge is -2.22. The van der Waals surface area contributed by atoms with E-state index in [0.29, 0.717) is 5.75 Å². The van der Waals surface area contributed by atoms with E-state index < -0.39 is 40.1 Å². The molecule has 1 amide bonds. The van der Waals surface area contributed by atoms with Gasteiger partial charge in [0.15, 0.2) is 12.6 Å². The predicted octanol–water partition coefficient (Wildman–Crippen LogP) is 0.529. The fourth-order valence-electron chi connectivity index (χ4n) is 2.47. The van der Waals surface area contributed by atoms with Crippen LogP contribution in [0.4, 0.5) is 0 Å². The summed E-state index contributed by atoms with van der Waals surface area (Å²) < 4.78 is 4.57. The number of carboxylic acids is 2. The monoisotopic (exact) mass is 368 g/mol. The molecule has 0 aromatic heterocycles. The molecule has 4 N–H and O–H groups in total. The van der Waals surface area contributed by atoms with Crippen molar-refractivity contribution in [3.63, 3.8) is 0 Å². The molecule has 0 aliphatic carbocycles. The number of hydrogen-bond donors (Lipinski definition) is 4. The van der Waals surface area contributed by atoms with Crippen molar-refractivity contribution in [2.75, 3.05) is 6.61 Å². The van der Waals surface area contributed by atoms with E-state index >= 15 is 0 Å². The summed E-state index contributed by atoms with van der Waals surface area (Å²) in [6.07, 6.45) is 0. The first-order valence-electron chi connectivity index (χ1n) is 7.57. The van der Waals surface area contributed by atoms with Crippen LogP contribution in [-0.4, -0.2) is 56.9 Å². The average molecular weight is 368 g/mol. The molecule has 25 heavy (non-hydrogen) atoms. The second kappa shape index (κ2) is 7.75. The number of aliphatic carboxylic acids is 2. The van der Waals surface area contributed by atoms with Gasteiger partial charge in [0, 0.05) is 4.75 Å². The summed E-state index contributed by atoms with van der Waals surface area (Å²) >= 11 is 1.17. The van der Waals surface area contributed by atoms with Crippen LogP contribution in [-0.2, 0) is 14.4 Å². The van der Waals surface area contributed by atoms with Crippen molar-refractivity contribution in [3.05, 3.63) is 30.3 Å². The van der Waals surface area contributed by atoms with E-state index in [4.69, 9.17) is 4.74 Å². The molecule has 9 heteroatoms. The highest BCUT2D eigenvalue weighted by molar-refractivity contribution is 8.01. The Morgan fingerprint density at radius 3 is 2.44 bits per heavy atom. The Bertz CT molecular complexity index is 651. The summed E-state index contributed by atoms with van der Waals surface area (Å²) in [6, 6.07) is 6.47. The first-order valence-corrected chi connectivity index (χ1v) is 8.45. The largest absolute Gasteiger partial charge is 0.484 e. The minimum Gasteiger partial charge on any atom is -0.484 e. The molecular formula is C16H20N2O6S. The molecule has 8 nitrogen and oxygen atoms in total. The molecule has 0 bridgehead atoms. The molecule has 1 fully saturated rings. The fraction of sp³-hybridized carbons (Fsp3) is 0.438. The van der Waals surface area contributed by atoms with Crippen LogP contribution in [0.2, 0.25) is 0 Å². The summed E-state index contributed by atoms with van der Waals surface area (Å²) in [6.45, 7) is 3.09. The summed E-state index contributed by atoms with van der Waals surface area (Å²) in [5.74, 6) is -2.43. The maximum absolute atomic E-state index is 12.0. The molecule has 0 unspecified atom stereocenters. The first kappa shape index (κ1) is 19.1. The van der Waals surface area contributed by atoms with Crippen LogP contribution in [0, 0.1) is 0 Å². The number of carboxylic acid groups (broad SMARTS) is 2.